The van der Waals surface area contributed by atoms with Gasteiger partial charge in [0.1, 0.15) is 11.5 Å². The number of likely N-dealkylation sites (tertiary alicyclic amines) is 1. The largest absolute Gasteiger partial charge is 0.507 e. The Morgan fingerprint density at radius 2 is 1.56 bits per heavy atom. The molecule has 0 saturated carbocycles. The van der Waals surface area contributed by atoms with Crippen LogP contribution in [0.15, 0.2) is 78.9 Å². The number of nitrogens with one attached hydrogen (secondary N) is 1. The van der Waals surface area contributed by atoms with E-state index in [9.17, 15) is 19.5 Å². The normalized spacial score (nSPS) is 23.1. The summed E-state index contributed by atoms with van der Waals surface area (Å²) in [6, 6.07) is 26.8. The monoisotopic (exact) mass is 799 g/mol. The van der Waals surface area contributed by atoms with Crippen molar-refractivity contribution in [3.05, 3.63) is 90.0 Å². The third kappa shape index (κ3) is 8.55. The Balaban J connectivity index is 0.729. The number of hydrogen-bond donors (Lipinski definition) is 3. The first-order chi connectivity index (χ1) is 28.7. The maximum absolute atomic E-state index is 13.4. The van der Waals surface area contributed by atoms with Crippen LogP contribution in [-0.2, 0) is 20.9 Å². The number of amides is 3. The first-order valence-electron chi connectivity index (χ1n) is 21.1. The summed E-state index contributed by atoms with van der Waals surface area (Å²) in [5, 5.41) is 21.3. The lowest BCUT2D eigenvalue weighted by Gasteiger charge is -2.43. The zero-order chi connectivity index (χ0) is 40.5. The van der Waals surface area contributed by atoms with Crippen LogP contribution in [-0.4, -0.2) is 125 Å². The Labute approximate surface area is 344 Å². The summed E-state index contributed by atoms with van der Waals surface area (Å²) >= 11 is 0. The van der Waals surface area contributed by atoms with E-state index in [1.54, 1.807) is 12.1 Å². The van der Waals surface area contributed by atoms with Crippen LogP contribution in [0.1, 0.15) is 55.6 Å². The van der Waals surface area contributed by atoms with Gasteiger partial charge in [0, 0.05) is 82.0 Å². The van der Waals surface area contributed by atoms with Crippen LogP contribution in [0.3, 0.4) is 0 Å². The molecule has 9 rings (SSSR count). The van der Waals surface area contributed by atoms with Crippen molar-refractivity contribution in [2.45, 2.75) is 69.2 Å². The van der Waals surface area contributed by atoms with Crippen LogP contribution < -0.4 is 25.6 Å². The van der Waals surface area contributed by atoms with Crippen LogP contribution in [0.2, 0.25) is 0 Å². The topological polar surface area (TPSA) is 161 Å². The third-order valence-electron chi connectivity index (χ3n) is 12.9. The summed E-state index contributed by atoms with van der Waals surface area (Å²) in [4.78, 5) is 48.6. The van der Waals surface area contributed by atoms with Gasteiger partial charge < -0.3 is 30.3 Å². The van der Waals surface area contributed by atoms with Gasteiger partial charge in [0.05, 0.1) is 17.9 Å². The van der Waals surface area contributed by atoms with E-state index in [1.165, 1.54) is 16.8 Å². The predicted molar refractivity (Wildman–Crippen MR) is 225 cm³/mol. The minimum absolute atomic E-state index is 0.171. The van der Waals surface area contributed by atoms with E-state index in [1.807, 2.05) is 35.2 Å². The molecule has 5 saturated heterocycles. The standard InChI is InChI=1S/C45H53N9O5/c46-44-39(25-38(48-49-44)37-6-1-2-7-40(37)55)53-27-34-10-11-35(28-53)54(34)33-5-3-4-30(24-33)26-51-20-22-52(23-21-51)43(57)29-50-18-16-32(17-19-50)31-8-12-36(13-9-31)59-41-14-15-42(56)47-45(41)58/h1-9,12-13,24-25,32,34-35,41,55H,10-11,14-23,26-29H2,(H2,46,49)(H,47,56,58). The Hall–Kier alpha value is -5.73. The van der Waals surface area contributed by atoms with Crippen LogP contribution in [0, 0.1) is 0 Å². The van der Waals surface area contributed by atoms with Gasteiger partial charge >= 0.3 is 0 Å². The maximum Gasteiger partial charge on any atom is 0.267 e. The molecule has 2 bridgehead atoms. The van der Waals surface area contributed by atoms with Crippen molar-refractivity contribution in [3.8, 4) is 22.8 Å². The average Bonchev–Trinajstić information content (AvgIpc) is 3.52. The van der Waals surface area contributed by atoms with Gasteiger partial charge in [0.25, 0.3) is 5.91 Å². The number of ether oxygens (including phenoxy) is 1. The number of fused-ring (bicyclic) bond motifs is 2. The van der Waals surface area contributed by atoms with E-state index >= 15 is 0 Å². The van der Waals surface area contributed by atoms with Crippen LogP contribution in [0.5, 0.6) is 11.5 Å². The molecule has 0 radical (unpaired) electrons. The number of nitrogen functional groups attached to an aromatic ring is 1. The van der Waals surface area contributed by atoms with Gasteiger partial charge in [-0.2, -0.15) is 0 Å². The summed E-state index contributed by atoms with van der Waals surface area (Å²) in [5.74, 6) is 1.22. The lowest BCUT2D eigenvalue weighted by atomic mass is 9.89. The fourth-order valence-corrected chi connectivity index (χ4v) is 9.70. The van der Waals surface area contributed by atoms with Gasteiger partial charge in [-0.05, 0) is 98.3 Å². The molecule has 3 atom stereocenters. The SMILES string of the molecule is Nc1nnc(-c2ccccc2O)cc1N1CC2CCC(C1)N2c1cccc(CN2CCN(C(=O)CN3CCC(c4ccc(OC5CCC(=O)NC5=O)cc4)CC3)CC2)c1. The Bertz CT molecular complexity index is 2160. The molecule has 4 N–H and O–H groups in total. The van der Waals surface area contributed by atoms with Crippen LogP contribution in [0.4, 0.5) is 17.2 Å². The highest BCUT2D eigenvalue weighted by atomic mass is 16.5. The number of aromatic hydroxyl groups is 1. The molecule has 3 aromatic carbocycles. The summed E-state index contributed by atoms with van der Waals surface area (Å²) in [7, 11) is 0. The second-order valence-electron chi connectivity index (χ2n) is 16.7. The van der Waals surface area contributed by atoms with E-state index in [4.69, 9.17) is 10.5 Å². The Kier molecular flexibility index (Phi) is 11.1. The molecule has 14 heteroatoms. The number of hydrogen-bond acceptors (Lipinski definition) is 12. The predicted octanol–water partition coefficient (Wildman–Crippen LogP) is 4.00. The zero-order valence-electron chi connectivity index (χ0n) is 33.4. The molecule has 3 unspecified atom stereocenters. The second kappa shape index (κ2) is 16.9. The van der Waals surface area contributed by atoms with E-state index in [0.29, 0.717) is 60.2 Å². The van der Waals surface area contributed by atoms with Crippen molar-refractivity contribution < 1.29 is 24.2 Å². The highest BCUT2D eigenvalue weighted by molar-refractivity contribution is 5.99. The quantitative estimate of drug-likeness (QED) is 0.198. The number of imide groups is 1. The molecule has 0 spiro atoms. The minimum Gasteiger partial charge on any atom is -0.507 e. The molecular formula is C45H53N9O5. The highest BCUT2D eigenvalue weighted by Crippen LogP contribution is 2.39. The molecule has 5 aliphatic rings. The number of piperazine rings is 2. The van der Waals surface area contributed by atoms with E-state index in [2.05, 4.69) is 71.5 Å². The van der Waals surface area contributed by atoms with Gasteiger partial charge in [0.2, 0.25) is 11.8 Å². The van der Waals surface area contributed by atoms with Crippen molar-refractivity contribution in [3.63, 3.8) is 0 Å². The smallest absolute Gasteiger partial charge is 0.267 e. The second-order valence-corrected chi connectivity index (χ2v) is 16.7. The molecule has 14 nitrogen and oxygen atoms in total. The number of aromatic nitrogens is 2. The number of rotatable bonds is 10. The Morgan fingerprint density at radius 3 is 2.29 bits per heavy atom. The molecule has 6 heterocycles. The van der Waals surface area contributed by atoms with Gasteiger partial charge in [-0.3, -0.25) is 29.5 Å². The van der Waals surface area contributed by atoms with E-state index in [-0.39, 0.29) is 23.5 Å². The molecule has 59 heavy (non-hydrogen) atoms. The van der Waals surface area contributed by atoms with Gasteiger partial charge in [0.15, 0.2) is 11.9 Å². The van der Waals surface area contributed by atoms with E-state index in [0.717, 1.165) is 90.3 Å². The summed E-state index contributed by atoms with van der Waals surface area (Å²) in [5.41, 5.74) is 12.3. The molecule has 3 amide bonds. The number of carbonyl (C=O) groups excluding carboxylic acids is 3. The maximum atomic E-state index is 13.4. The Morgan fingerprint density at radius 1 is 0.814 bits per heavy atom. The number of nitrogens with two attached hydrogens (primary N) is 1. The number of carbonyl (C=O) groups is 3. The number of nitrogens with zero attached hydrogens (tertiary/aromatic N) is 7. The summed E-state index contributed by atoms with van der Waals surface area (Å²) in [6.45, 7) is 7.96. The summed E-state index contributed by atoms with van der Waals surface area (Å²) in [6.07, 6.45) is 4.25. The number of phenolic OH excluding ortho intramolecular Hbond substituents is 1. The van der Waals surface area contributed by atoms with Crippen molar-refractivity contribution >= 4 is 34.9 Å². The first-order valence-corrected chi connectivity index (χ1v) is 21.1. The van der Waals surface area contributed by atoms with E-state index < -0.39 is 6.10 Å². The minimum atomic E-state index is -0.637. The van der Waals surface area contributed by atoms with Crippen molar-refractivity contribution in [1.29, 1.82) is 0 Å². The fraction of sp³-hybridized carbons (Fsp3) is 0.444. The third-order valence-corrected chi connectivity index (χ3v) is 12.9. The fourth-order valence-electron chi connectivity index (χ4n) is 9.70. The molecule has 5 fully saturated rings. The van der Waals surface area contributed by atoms with Gasteiger partial charge in [-0.1, -0.05) is 36.4 Å². The van der Waals surface area contributed by atoms with Crippen molar-refractivity contribution in [2.75, 3.05) is 74.4 Å². The lowest BCUT2D eigenvalue weighted by Crippen LogP contribution is -2.54. The molecule has 1 aromatic heterocycles. The van der Waals surface area contributed by atoms with Crippen LogP contribution >= 0.6 is 0 Å². The lowest BCUT2D eigenvalue weighted by molar-refractivity contribution is -0.139. The van der Waals surface area contributed by atoms with Crippen molar-refractivity contribution in [1.82, 2.24) is 30.2 Å². The average molecular weight is 800 g/mol. The first kappa shape index (κ1) is 38.8. The van der Waals surface area contributed by atoms with Gasteiger partial charge in [-0.15, -0.1) is 10.2 Å². The number of para-hydroxylation sites is 1. The zero-order valence-corrected chi connectivity index (χ0v) is 33.4. The number of phenols is 1. The summed E-state index contributed by atoms with van der Waals surface area (Å²) < 4.78 is 5.85. The van der Waals surface area contributed by atoms with Crippen LogP contribution in [0.25, 0.3) is 11.3 Å². The van der Waals surface area contributed by atoms with Gasteiger partial charge in [-0.25, -0.2) is 0 Å². The van der Waals surface area contributed by atoms with Crippen molar-refractivity contribution in [2.24, 2.45) is 0 Å². The molecule has 4 aromatic rings. The number of anilines is 3. The molecule has 0 aliphatic carbocycles. The molecule has 5 aliphatic heterocycles. The number of benzene rings is 3. The molecular weight excluding hydrogens is 747 g/mol. The number of piperidine rings is 2. The highest BCUT2D eigenvalue weighted by Gasteiger charge is 2.41. The molecule has 308 valence electrons.